The maximum Gasteiger partial charge on any atom is 0.203 e. The second-order valence-corrected chi connectivity index (χ2v) is 13.2. The summed E-state index contributed by atoms with van der Waals surface area (Å²) in [6, 6.07) is 48.1. The number of hydrogen-bond acceptors (Lipinski definition) is 2. The summed E-state index contributed by atoms with van der Waals surface area (Å²) in [5, 5.41) is 7.39. The second-order valence-electron chi connectivity index (χ2n) is 9.49. The lowest BCUT2D eigenvalue weighted by Gasteiger charge is -2.32. The number of para-hydroxylation sites is 2. The number of nitrogens with zero attached hydrogens (tertiary/aromatic N) is 3. The first-order chi connectivity index (χ1) is 18.9. The number of aromatic nitrogens is 3. The summed E-state index contributed by atoms with van der Waals surface area (Å²) in [6.45, 7) is 0. The van der Waals surface area contributed by atoms with Crippen LogP contribution in [-0.2, 0) is 0 Å². The van der Waals surface area contributed by atoms with Gasteiger partial charge >= 0.3 is 0 Å². The Morgan fingerprint density at radius 1 is 0.500 bits per heavy atom. The quantitative estimate of drug-likeness (QED) is 0.246. The zero-order chi connectivity index (χ0) is 25.4. The molecule has 0 bridgehead atoms. The van der Waals surface area contributed by atoms with E-state index < -0.39 is 8.07 Å². The fourth-order valence-corrected chi connectivity index (χ4v) is 10.4. The van der Waals surface area contributed by atoms with Gasteiger partial charge in [-0.2, -0.15) is 0 Å². The van der Waals surface area contributed by atoms with Crippen molar-refractivity contribution in [1.82, 2.24) is 14.5 Å². The van der Waals surface area contributed by atoms with Gasteiger partial charge < -0.3 is 4.57 Å². The smallest absolute Gasteiger partial charge is 0.203 e. The van der Waals surface area contributed by atoms with Crippen LogP contribution in [0.1, 0.15) is 0 Å². The summed E-state index contributed by atoms with van der Waals surface area (Å²) in [7, 11) is -2.76. The van der Waals surface area contributed by atoms with Crippen molar-refractivity contribution in [3.63, 3.8) is 0 Å². The van der Waals surface area contributed by atoms with E-state index in [1.54, 1.807) is 6.20 Å². The summed E-state index contributed by atoms with van der Waals surface area (Å²) in [6.07, 6.45) is 5.54. The molecular formula is C34H25N3Si. The Hall–Kier alpha value is -4.80. The van der Waals surface area contributed by atoms with E-state index in [9.17, 15) is 0 Å². The molecule has 0 N–H and O–H groups in total. The normalized spacial score (nSPS) is 11.7. The highest BCUT2D eigenvalue weighted by atomic mass is 28.3. The van der Waals surface area contributed by atoms with E-state index in [0.717, 1.165) is 11.0 Å². The molecule has 0 saturated heterocycles. The van der Waals surface area contributed by atoms with Crippen molar-refractivity contribution in [1.29, 1.82) is 0 Å². The third-order valence-corrected chi connectivity index (χ3v) is 12.1. The Kier molecular flexibility index (Phi) is 5.45. The third-order valence-electron chi connectivity index (χ3n) is 7.48. The average Bonchev–Trinajstić information content (AvgIpc) is 3.34. The van der Waals surface area contributed by atoms with Crippen LogP contribution in [0, 0.1) is 0 Å². The number of benzene rings is 5. The maximum atomic E-state index is 4.97. The van der Waals surface area contributed by atoms with Crippen LogP contribution in [-0.4, -0.2) is 22.6 Å². The van der Waals surface area contributed by atoms with Crippen molar-refractivity contribution in [2.75, 3.05) is 0 Å². The third kappa shape index (κ3) is 3.42. The molecule has 38 heavy (non-hydrogen) atoms. The SMILES string of the molecule is c1ccc(-n2c3ccccc3c3cc([Si](c4ccccc4)(c4ccccc4)c4cnccn4)ccc32)cc1. The minimum atomic E-state index is -2.76. The Morgan fingerprint density at radius 3 is 1.76 bits per heavy atom. The molecule has 4 heteroatoms. The summed E-state index contributed by atoms with van der Waals surface area (Å²) in [5.74, 6) is 0. The van der Waals surface area contributed by atoms with E-state index in [1.165, 1.54) is 37.4 Å². The molecule has 7 aromatic rings. The van der Waals surface area contributed by atoms with Gasteiger partial charge in [0.15, 0.2) is 0 Å². The number of rotatable bonds is 5. The van der Waals surface area contributed by atoms with E-state index in [0.29, 0.717) is 0 Å². The molecule has 0 fully saturated rings. The predicted molar refractivity (Wildman–Crippen MR) is 160 cm³/mol. The Bertz CT molecular complexity index is 1750. The summed E-state index contributed by atoms with van der Waals surface area (Å²) >= 11 is 0. The lowest BCUT2D eigenvalue weighted by Crippen LogP contribution is -2.75. The largest absolute Gasteiger partial charge is 0.309 e. The van der Waals surface area contributed by atoms with Gasteiger partial charge in [0.1, 0.15) is 0 Å². The number of hydrogen-bond donors (Lipinski definition) is 0. The van der Waals surface area contributed by atoms with E-state index in [1.807, 2.05) is 12.4 Å². The van der Waals surface area contributed by atoms with Gasteiger partial charge in [0, 0.05) is 35.1 Å². The van der Waals surface area contributed by atoms with Crippen molar-refractivity contribution in [3.05, 3.63) is 152 Å². The summed E-state index contributed by atoms with van der Waals surface area (Å²) < 4.78 is 2.37. The molecule has 0 aliphatic heterocycles. The second kappa shape index (κ2) is 9.25. The Balaban J connectivity index is 1.61. The molecule has 5 aromatic carbocycles. The molecule has 0 aliphatic rings. The summed E-state index contributed by atoms with van der Waals surface area (Å²) in [5.41, 5.74) is 3.57. The van der Waals surface area contributed by atoms with Gasteiger partial charge in [0.25, 0.3) is 0 Å². The monoisotopic (exact) mass is 503 g/mol. The number of fused-ring (bicyclic) bond motifs is 3. The predicted octanol–water partition coefficient (Wildman–Crippen LogP) is 4.95. The van der Waals surface area contributed by atoms with Crippen LogP contribution < -0.4 is 20.9 Å². The molecule has 3 nitrogen and oxygen atoms in total. The van der Waals surface area contributed by atoms with Gasteiger partial charge in [-0.15, -0.1) is 0 Å². The van der Waals surface area contributed by atoms with Gasteiger partial charge in [-0.3, -0.25) is 9.97 Å². The lowest BCUT2D eigenvalue weighted by atomic mass is 10.1. The molecule has 0 radical (unpaired) electrons. The van der Waals surface area contributed by atoms with Crippen molar-refractivity contribution in [2.45, 2.75) is 0 Å². The van der Waals surface area contributed by atoms with Crippen molar-refractivity contribution < 1.29 is 0 Å². The molecule has 0 saturated carbocycles. The molecule has 0 unspecified atom stereocenters. The molecule has 2 heterocycles. The highest BCUT2D eigenvalue weighted by Crippen LogP contribution is 2.31. The molecule has 0 atom stereocenters. The fourth-order valence-electron chi connectivity index (χ4n) is 5.87. The molecule has 0 amide bonds. The van der Waals surface area contributed by atoms with Crippen LogP contribution in [0.15, 0.2) is 152 Å². The van der Waals surface area contributed by atoms with E-state index in [4.69, 9.17) is 4.98 Å². The zero-order valence-electron chi connectivity index (χ0n) is 20.8. The molecule has 7 rings (SSSR count). The highest BCUT2D eigenvalue weighted by molar-refractivity contribution is 7.19. The molecular weight excluding hydrogens is 478 g/mol. The highest BCUT2D eigenvalue weighted by Gasteiger charge is 2.43. The maximum absolute atomic E-state index is 4.97. The van der Waals surface area contributed by atoms with Crippen LogP contribution in [0.2, 0.25) is 0 Å². The van der Waals surface area contributed by atoms with Gasteiger partial charge in [-0.25, -0.2) is 0 Å². The molecule has 2 aromatic heterocycles. The molecule has 0 spiro atoms. The Morgan fingerprint density at radius 2 is 1.11 bits per heavy atom. The van der Waals surface area contributed by atoms with E-state index in [2.05, 4.69) is 143 Å². The first-order valence-corrected chi connectivity index (χ1v) is 14.8. The van der Waals surface area contributed by atoms with Crippen LogP contribution in [0.3, 0.4) is 0 Å². The fraction of sp³-hybridized carbons (Fsp3) is 0. The average molecular weight is 504 g/mol. The van der Waals surface area contributed by atoms with E-state index >= 15 is 0 Å². The van der Waals surface area contributed by atoms with Crippen molar-refractivity contribution in [2.24, 2.45) is 0 Å². The van der Waals surface area contributed by atoms with Gasteiger partial charge in [-0.05, 0) is 39.8 Å². The molecule has 180 valence electrons. The van der Waals surface area contributed by atoms with Gasteiger partial charge in [-0.1, -0.05) is 109 Å². The Labute approximate surface area is 222 Å². The van der Waals surface area contributed by atoms with Crippen LogP contribution in [0.5, 0.6) is 0 Å². The minimum absolute atomic E-state index is 1.03. The standard InChI is InChI=1S/C34H25N3Si/c1-4-12-26(13-5-1)37-32-19-11-10-18-30(32)31-24-29(20-21-33(31)37)38(27-14-6-2-7-15-27,28-16-8-3-9-17-28)34-25-35-22-23-36-34/h1-25H. The van der Waals surface area contributed by atoms with Crippen molar-refractivity contribution >= 4 is 50.8 Å². The topological polar surface area (TPSA) is 30.7 Å². The van der Waals surface area contributed by atoms with Crippen molar-refractivity contribution in [3.8, 4) is 5.69 Å². The van der Waals surface area contributed by atoms with Crippen LogP contribution in [0.25, 0.3) is 27.5 Å². The van der Waals surface area contributed by atoms with Gasteiger partial charge in [0.05, 0.1) is 16.4 Å². The molecule has 0 aliphatic carbocycles. The van der Waals surface area contributed by atoms with E-state index in [-0.39, 0.29) is 0 Å². The zero-order valence-corrected chi connectivity index (χ0v) is 21.8. The van der Waals surface area contributed by atoms with Crippen LogP contribution >= 0.6 is 0 Å². The summed E-state index contributed by atoms with van der Waals surface area (Å²) in [4.78, 5) is 9.52. The first-order valence-electron chi connectivity index (χ1n) is 12.8. The lowest BCUT2D eigenvalue weighted by molar-refractivity contribution is 1.18. The van der Waals surface area contributed by atoms with Crippen LogP contribution in [0.4, 0.5) is 0 Å². The first kappa shape index (κ1) is 22.4. The minimum Gasteiger partial charge on any atom is -0.309 e. The van der Waals surface area contributed by atoms with Gasteiger partial charge in [0.2, 0.25) is 8.07 Å².